The molecule has 0 saturated carbocycles. The normalized spacial score (nSPS) is 10.6. The maximum atomic E-state index is 12.2. The van der Waals surface area contributed by atoms with Gasteiger partial charge in [-0.2, -0.15) is 0 Å². The zero-order chi connectivity index (χ0) is 15.5. The zero-order valence-corrected chi connectivity index (χ0v) is 12.5. The summed E-state index contributed by atoms with van der Waals surface area (Å²) in [7, 11) is 0. The number of hydrogen-bond acceptors (Lipinski definition) is 4. The van der Waals surface area contributed by atoms with E-state index >= 15 is 0 Å². The van der Waals surface area contributed by atoms with E-state index in [1.54, 1.807) is 6.92 Å². The lowest BCUT2D eigenvalue weighted by molar-refractivity contribution is 0.0522. The van der Waals surface area contributed by atoms with Crippen LogP contribution < -0.4 is 0 Å². The molecule has 0 fully saturated rings. The molecule has 4 heteroatoms. The van der Waals surface area contributed by atoms with Crippen molar-refractivity contribution in [2.45, 2.75) is 13.8 Å². The molecule has 0 aliphatic rings. The van der Waals surface area contributed by atoms with Gasteiger partial charge in [0.1, 0.15) is 0 Å². The maximum Gasteiger partial charge on any atom is 0.357 e. The fourth-order valence-corrected chi connectivity index (χ4v) is 2.26. The fourth-order valence-electron chi connectivity index (χ4n) is 2.26. The Morgan fingerprint density at radius 3 is 2.50 bits per heavy atom. The number of ether oxygens (including phenoxy) is 1. The molecule has 0 aliphatic heterocycles. The van der Waals surface area contributed by atoms with Gasteiger partial charge in [-0.15, -0.1) is 0 Å². The van der Waals surface area contributed by atoms with Gasteiger partial charge >= 0.3 is 5.97 Å². The van der Waals surface area contributed by atoms with Crippen LogP contribution in [0.15, 0.2) is 48.5 Å². The van der Waals surface area contributed by atoms with Crippen LogP contribution in [0.2, 0.25) is 0 Å². The highest BCUT2D eigenvalue weighted by Crippen LogP contribution is 2.22. The third-order valence-corrected chi connectivity index (χ3v) is 3.38. The number of esters is 1. The minimum absolute atomic E-state index is 0.308. The number of carbonyl (C=O) groups excluding carboxylic acids is 1. The van der Waals surface area contributed by atoms with Crippen molar-refractivity contribution in [3.05, 3.63) is 59.8 Å². The van der Waals surface area contributed by atoms with Gasteiger partial charge in [-0.05, 0) is 19.9 Å². The second kappa shape index (κ2) is 5.93. The largest absolute Gasteiger partial charge is 0.461 e. The van der Waals surface area contributed by atoms with Gasteiger partial charge in [0.25, 0.3) is 0 Å². The van der Waals surface area contributed by atoms with Gasteiger partial charge in [0.05, 0.1) is 12.1 Å². The molecule has 0 aliphatic carbocycles. The Morgan fingerprint density at radius 1 is 1.05 bits per heavy atom. The Hall–Kier alpha value is -2.75. The summed E-state index contributed by atoms with van der Waals surface area (Å²) in [5.74, 6) is 0.108. The molecule has 0 N–H and O–H groups in total. The first-order chi connectivity index (χ1) is 10.7. The first-order valence-corrected chi connectivity index (χ1v) is 7.20. The van der Waals surface area contributed by atoms with Crippen molar-refractivity contribution >= 4 is 16.9 Å². The quantitative estimate of drug-likeness (QED) is 0.689. The maximum absolute atomic E-state index is 12.2. The Morgan fingerprint density at radius 2 is 1.77 bits per heavy atom. The molecule has 0 spiro atoms. The molecule has 110 valence electrons. The van der Waals surface area contributed by atoms with E-state index in [4.69, 9.17) is 4.74 Å². The van der Waals surface area contributed by atoms with Gasteiger partial charge in [0, 0.05) is 10.9 Å². The molecule has 0 bridgehead atoms. The van der Waals surface area contributed by atoms with Gasteiger partial charge in [0.2, 0.25) is 0 Å². The fraction of sp³-hybridized carbons (Fsp3) is 0.167. The molecular weight excluding hydrogens is 276 g/mol. The van der Waals surface area contributed by atoms with Crippen LogP contribution in [0.25, 0.3) is 22.3 Å². The topological polar surface area (TPSA) is 52.1 Å². The molecule has 0 atom stereocenters. The molecule has 0 unspecified atom stereocenters. The summed E-state index contributed by atoms with van der Waals surface area (Å²) in [4.78, 5) is 21.2. The molecule has 3 rings (SSSR count). The van der Waals surface area contributed by atoms with E-state index < -0.39 is 5.97 Å². The van der Waals surface area contributed by atoms with Crippen LogP contribution in [0, 0.1) is 6.92 Å². The van der Waals surface area contributed by atoms with Crippen molar-refractivity contribution in [2.24, 2.45) is 0 Å². The SMILES string of the molecule is CCOC(=O)c1nc(-c2ccc(C)cc2)nc2ccccc12. The van der Waals surface area contributed by atoms with Crippen molar-refractivity contribution in [3.63, 3.8) is 0 Å². The van der Waals surface area contributed by atoms with Crippen LogP contribution in [0.5, 0.6) is 0 Å². The monoisotopic (exact) mass is 292 g/mol. The average Bonchev–Trinajstić information content (AvgIpc) is 2.54. The van der Waals surface area contributed by atoms with Crippen LogP contribution in [0.4, 0.5) is 0 Å². The van der Waals surface area contributed by atoms with Crippen molar-refractivity contribution in [1.29, 1.82) is 0 Å². The van der Waals surface area contributed by atoms with Crippen molar-refractivity contribution in [1.82, 2.24) is 9.97 Å². The number of hydrogen-bond donors (Lipinski definition) is 0. The van der Waals surface area contributed by atoms with E-state index in [2.05, 4.69) is 9.97 Å². The molecule has 0 radical (unpaired) electrons. The highest BCUT2D eigenvalue weighted by atomic mass is 16.5. The molecule has 0 saturated heterocycles. The first kappa shape index (κ1) is 14.2. The third kappa shape index (κ3) is 2.68. The Balaban J connectivity index is 2.20. The number of para-hydroxylation sites is 1. The van der Waals surface area contributed by atoms with Gasteiger partial charge in [-0.25, -0.2) is 14.8 Å². The second-order valence-electron chi connectivity index (χ2n) is 5.00. The molecule has 1 aromatic heterocycles. The number of carbonyl (C=O) groups is 1. The molecular formula is C18H16N2O2. The molecule has 4 nitrogen and oxygen atoms in total. The third-order valence-electron chi connectivity index (χ3n) is 3.38. The molecule has 1 heterocycles. The Labute approximate surface area is 128 Å². The first-order valence-electron chi connectivity index (χ1n) is 7.20. The van der Waals surface area contributed by atoms with Crippen LogP contribution in [-0.4, -0.2) is 22.5 Å². The van der Waals surface area contributed by atoms with E-state index in [9.17, 15) is 4.79 Å². The summed E-state index contributed by atoms with van der Waals surface area (Å²) >= 11 is 0. The summed E-state index contributed by atoms with van der Waals surface area (Å²) < 4.78 is 5.12. The van der Waals surface area contributed by atoms with E-state index in [-0.39, 0.29) is 0 Å². The van der Waals surface area contributed by atoms with Crippen LogP contribution in [0.1, 0.15) is 23.0 Å². The average molecular weight is 292 g/mol. The lowest BCUT2D eigenvalue weighted by Gasteiger charge is -2.08. The molecule has 0 amide bonds. The summed E-state index contributed by atoms with van der Waals surface area (Å²) in [6.45, 7) is 4.12. The smallest absolute Gasteiger partial charge is 0.357 e. The van der Waals surface area contributed by atoms with E-state index in [0.717, 1.165) is 16.6 Å². The lowest BCUT2D eigenvalue weighted by atomic mass is 10.1. The predicted octanol–water partition coefficient (Wildman–Crippen LogP) is 3.78. The second-order valence-corrected chi connectivity index (χ2v) is 5.00. The standard InChI is InChI=1S/C18H16N2O2/c1-3-22-18(21)16-14-6-4-5-7-15(14)19-17(20-16)13-10-8-12(2)9-11-13/h4-11H,3H2,1-2H3. The number of aryl methyl sites for hydroxylation is 1. The van der Waals surface area contributed by atoms with Crippen molar-refractivity contribution in [2.75, 3.05) is 6.61 Å². The van der Waals surface area contributed by atoms with E-state index in [1.165, 1.54) is 0 Å². The van der Waals surface area contributed by atoms with Gasteiger partial charge < -0.3 is 4.74 Å². The predicted molar refractivity (Wildman–Crippen MR) is 85.7 cm³/mol. The van der Waals surface area contributed by atoms with Crippen LogP contribution in [0.3, 0.4) is 0 Å². The van der Waals surface area contributed by atoms with Crippen molar-refractivity contribution in [3.8, 4) is 11.4 Å². The number of rotatable bonds is 3. The summed E-state index contributed by atoms with van der Waals surface area (Å²) in [5.41, 5.74) is 3.08. The van der Waals surface area contributed by atoms with Crippen molar-refractivity contribution < 1.29 is 9.53 Å². The minimum atomic E-state index is -0.422. The number of benzene rings is 2. The zero-order valence-electron chi connectivity index (χ0n) is 12.5. The van der Waals surface area contributed by atoms with Gasteiger partial charge in [-0.3, -0.25) is 0 Å². The summed E-state index contributed by atoms with van der Waals surface area (Å²) in [6.07, 6.45) is 0. The lowest BCUT2D eigenvalue weighted by Crippen LogP contribution is -2.09. The Kier molecular flexibility index (Phi) is 3.83. The van der Waals surface area contributed by atoms with Gasteiger partial charge in [0.15, 0.2) is 11.5 Å². The van der Waals surface area contributed by atoms with E-state index in [0.29, 0.717) is 23.5 Å². The summed E-state index contributed by atoms with van der Waals surface area (Å²) in [5, 5.41) is 0.705. The van der Waals surface area contributed by atoms with Crippen LogP contribution in [-0.2, 0) is 4.74 Å². The number of nitrogens with zero attached hydrogens (tertiary/aromatic N) is 2. The highest BCUT2D eigenvalue weighted by molar-refractivity contribution is 6.02. The Bertz CT molecular complexity index is 826. The molecule has 3 aromatic rings. The van der Waals surface area contributed by atoms with Crippen LogP contribution >= 0.6 is 0 Å². The number of fused-ring (bicyclic) bond motifs is 1. The molecule has 22 heavy (non-hydrogen) atoms. The highest BCUT2D eigenvalue weighted by Gasteiger charge is 2.16. The van der Waals surface area contributed by atoms with E-state index in [1.807, 2.05) is 55.5 Å². The summed E-state index contributed by atoms with van der Waals surface area (Å²) in [6, 6.07) is 15.4. The molecule has 2 aromatic carbocycles. The minimum Gasteiger partial charge on any atom is -0.461 e. The van der Waals surface area contributed by atoms with Gasteiger partial charge in [-0.1, -0.05) is 48.0 Å². The number of aromatic nitrogens is 2.